The summed E-state index contributed by atoms with van der Waals surface area (Å²) in [5.41, 5.74) is 1.57. The van der Waals surface area contributed by atoms with Crippen LogP contribution in [0, 0.1) is 0 Å². The summed E-state index contributed by atoms with van der Waals surface area (Å²) in [6.45, 7) is 0.980. The van der Waals surface area contributed by atoms with Crippen molar-refractivity contribution in [3.8, 4) is 11.5 Å². The molecule has 27 heavy (non-hydrogen) atoms. The van der Waals surface area contributed by atoms with Crippen LogP contribution in [0.4, 0.5) is 0 Å². The van der Waals surface area contributed by atoms with E-state index in [-0.39, 0.29) is 0 Å². The Hall–Kier alpha value is -3.54. The quantitative estimate of drug-likeness (QED) is 0.490. The van der Waals surface area contributed by atoms with E-state index in [4.69, 9.17) is 19.7 Å². The Kier molecular flexibility index (Phi) is 7.66. The van der Waals surface area contributed by atoms with Crippen molar-refractivity contribution in [1.82, 2.24) is 0 Å². The molecule has 0 heterocycles. The van der Waals surface area contributed by atoms with Gasteiger partial charge in [-0.3, -0.25) is 0 Å². The molecule has 0 amide bonds. The van der Waals surface area contributed by atoms with Crippen molar-refractivity contribution in [2.24, 2.45) is 0 Å². The molecule has 2 rings (SSSR count). The summed E-state index contributed by atoms with van der Waals surface area (Å²) >= 11 is 0. The van der Waals surface area contributed by atoms with Gasteiger partial charge in [0, 0.05) is 18.6 Å². The molecule has 0 fully saturated rings. The lowest BCUT2D eigenvalue weighted by Crippen LogP contribution is -2.04. The number of hydrogen-bond acceptors (Lipinski definition) is 4. The Morgan fingerprint density at radius 3 is 1.41 bits per heavy atom. The molecule has 0 spiro atoms. The van der Waals surface area contributed by atoms with Crippen LogP contribution in [0.15, 0.2) is 60.7 Å². The second kappa shape index (κ2) is 10.5. The highest BCUT2D eigenvalue weighted by atomic mass is 16.5. The number of hydrogen-bond donors (Lipinski definition) is 2. The highest BCUT2D eigenvalue weighted by Crippen LogP contribution is 2.15. The van der Waals surface area contributed by atoms with Crippen LogP contribution in [0.1, 0.15) is 17.5 Å². The SMILES string of the molecule is O=C(O)C=Cc1ccc(OCCCOc2ccc(C=CC(=O)O)cc2)cc1. The molecule has 0 unspecified atom stereocenters. The summed E-state index contributed by atoms with van der Waals surface area (Å²) in [4.78, 5) is 20.9. The number of carboxylic acids is 2. The van der Waals surface area contributed by atoms with Crippen molar-refractivity contribution in [3.05, 3.63) is 71.8 Å². The van der Waals surface area contributed by atoms with E-state index in [1.165, 1.54) is 12.2 Å². The van der Waals surface area contributed by atoms with Gasteiger partial charge in [-0.05, 0) is 47.5 Å². The van der Waals surface area contributed by atoms with E-state index in [0.717, 1.165) is 23.3 Å². The first-order chi connectivity index (χ1) is 13.0. The zero-order valence-corrected chi connectivity index (χ0v) is 14.6. The number of aliphatic carboxylic acids is 2. The molecule has 0 aliphatic carbocycles. The number of ether oxygens (including phenoxy) is 2. The van der Waals surface area contributed by atoms with Gasteiger partial charge in [-0.1, -0.05) is 24.3 Å². The van der Waals surface area contributed by atoms with Gasteiger partial charge in [0.15, 0.2) is 0 Å². The molecule has 2 N–H and O–H groups in total. The van der Waals surface area contributed by atoms with E-state index in [1.54, 1.807) is 48.5 Å². The van der Waals surface area contributed by atoms with Crippen molar-refractivity contribution in [1.29, 1.82) is 0 Å². The van der Waals surface area contributed by atoms with E-state index in [1.807, 2.05) is 0 Å². The third-order valence-corrected chi connectivity index (χ3v) is 3.42. The van der Waals surface area contributed by atoms with E-state index in [0.29, 0.717) is 31.1 Å². The molecule has 0 radical (unpaired) electrons. The highest BCUT2D eigenvalue weighted by Gasteiger charge is 1.97. The number of rotatable bonds is 10. The van der Waals surface area contributed by atoms with Crippen LogP contribution < -0.4 is 9.47 Å². The van der Waals surface area contributed by atoms with Crippen molar-refractivity contribution in [2.45, 2.75) is 6.42 Å². The van der Waals surface area contributed by atoms with Crippen LogP contribution in [0.25, 0.3) is 12.2 Å². The van der Waals surface area contributed by atoms with Crippen molar-refractivity contribution in [2.75, 3.05) is 13.2 Å². The Bertz CT molecular complexity index is 734. The molecular weight excluding hydrogens is 348 g/mol. The first kappa shape index (κ1) is 19.8. The summed E-state index contributed by atoms with van der Waals surface area (Å²) in [5, 5.41) is 17.2. The molecule has 0 saturated carbocycles. The monoisotopic (exact) mass is 368 g/mol. The summed E-state index contributed by atoms with van der Waals surface area (Å²) in [7, 11) is 0. The van der Waals surface area contributed by atoms with Crippen LogP contribution >= 0.6 is 0 Å². The fraction of sp³-hybridized carbons (Fsp3) is 0.143. The largest absolute Gasteiger partial charge is 0.493 e. The van der Waals surface area contributed by atoms with E-state index < -0.39 is 11.9 Å². The van der Waals surface area contributed by atoms with Crippen LogP contribution in [-0.4, -0.2) is 35.4 Å². The van der Waals surface area contributed by atoms with Crippen LogP contribution in [0.3, 0.4) is 0 Å². The summed E-state index contributed by atoms with van der Waals surface area (Å²) < 4.78 is 11.2. The summed E-state index contributed by atoms with van der Waals surface area (Å²) in [6, 6.07) is 14.3. The Balaban J connectivity index is 1.68. The Morgan fingerprint density at radius 2 is 1.07 bits per heavy atom. The number of carboxylic acid groups (broad SMARTS) is 2. The van der Waals surface area contributed by atoms with Crippen molar-refractivity contribution >= 4 is 24.1 Å². The third-order valence-electron chi connectivity index (χ3n) is 3.42. The zero-order valence-electron chi connectivity index (χ0n) is 14.6. The van der Waals surface area contributed by atoms with Gasteiger partial charge in [0.05, 0.1) is 13.2 Å². The lowest BCUT2D eigenvalue weighted by molar-refractivity contribution is -0.132. The predicted molar refractivity (Wildman–Crippen MR) is 102 cm³/mol. The smallest absolute Gasteiger partial charge is 0.328 e. The first-order valence-electron chi connectivity index (χ1n) is 8.31. The maximum absolute atomic E-state index is 10.5. The maximum atomic E-state index is 10.5. The molecule has 2 aromatic carbocycles. The Labute approximate surface area is 157 Å². The molecule has 6 heteroatoms. The molecule has 2 aromatic rings. The summed E-state index contributed by atoms with van der Waals surface area (Å²) in [6.07, 6.45) is 5.90. The van der Waals surface area contributed by atoms with E-state index >= 15 is 0 Å². The predicted octanol–water partition coefficient (Wildman–Crippen LogP) is 3.73. The molecule has 0 bridgehead atoms. The molecule has 0 saturated heterocycles. The van der Waals surface area contributed by atoms with Crippen LogP contribution in [0.5, 0.6) is 11.5 Å². The fourth-order valence-electron chi connectivity index (χ4n) is 2.12. The van der Waals surface area contributed by atoms with Gasteiger partial charge in [-0.25, -0.2) is 9.59 Å². The molecule has 140 valence electrons. The minimum absolute atomic E-state index is 0.490. The molecule has 6 nitrogen and oxygen atoms in total. The van der Waals surface area contributed by atoms with Crippen molar-refractivity contribution in [3.63, 3.8) is 0 Å². The molecule has 0 aromatic heterocycles. The molecular formula is C21H20O6. The van der Waals surface area contributed by atoms with Gasteiger partial charge in [-0.15, -0.1) is 0 Å². The minimum atomic E-state index is -0.985. The molecule has 0 atom stereocenters. The fourth-order valence-corrected chi connectivity index (χ4v) is 2.12. The average Bonchev–Trinajstić information content (AvgIpc) is 2.66. The van der Waals surface area contributed by atoms with Crippen LogP contribution in [0.2, 0.25) is 0 Å². The first-order valence-corrected chi connectivity index (χ1v) is 8.31. The third kappa shape index (κ3) is 7.92. The van der Waals surface area contributed by atoms with E-state index in [2.05, 4.69) is 0 Å². The topological polar surface area (TPSA) is 93.1 Å². The normalized spacial score (nSPS) is 11.0. The lowest BCUT2D eigenvalue weighted by atomic mass is 10.2. The van der Waals surface area contributed by atoms with Gasteiger partial charge in [0.2, 0.25) is 0 Å². The highest BCUT2D eigenvalue weighted by molar-refractivity contribution is 5.85. The van der Waals surface area contributed by atoms with Gasteiger partial charge >= 0.3 is 11.9 Å². The molecule has 0 aliphatic heterocycles. The second-order valence-electron chi connectivity index (χ2n) is 5.53. The maximum Gasteiger partial charge on any atom is 0.328 e. The van der Waals surface area contributed by atoms with Crippen molar-refractivity contribution < 1.29 is 29.3 Å². The zero-order chi connectivity index (χ0) is 19.5. The number of benzene rings is 2. The van der Waals surface area contributed by atoms with Gasteiger partial charge < -0.3 is 19.7 Å². The number of carbonyl (C=O) groups is 2. The standard InChI is InChI=1S/C21H20O6/c22-20(23)12-6-16-2-8-18(9-3-16)26-14-1-15-27-19-10-4-17(5-11-19)7-13-21(24)25/h2-13H,1,14-15H2,(H,22,23)(H,24,25). The van der Waals surface area contributed by atoms with Gasteiger partial charge in [0.25, 0.3) is 0 Å². The molecule has 0 aliphatic rings. The van der Waals surface area contributed by atoms with Gasteiger partial charge in [-0.2, -0.15) is 0 Å². The lowest BCUT2D eigenvalue weighted by Gasteiger charge is -2.08. The minimum Gasteiger partial charge on any atom is -0.493 e. The summed E-state index contributed by atoms with van der Waals surface area (Å²) in [5.74, 6) is -0.558. The Morgan fingerprint density at radius 1 is 0.704 bits per heavy atom. The average molecular weight is 368 g/mol. The second-order valence-corrected chi connectivity index (χ2v) is 5.53. The van der Waals surface area contributed by atoms with E-state index in [9.17, 15) is 9.59 Å². The van der Waals surface area contributed by atoms with Crippen LogP contribution in [-0.2, 0) is 9.59 Å². The van der Waals surface area contributed by atoms with Gasteiger partial charge in [0.1, 0.15) is 11.5 Å².